The Labute approximate surface area is 134 Å². The number of urea groups is 1. The van der Waals surface area contributed by atoms with E-state index in [2.05, 4.69) is 15.5 Å². The van der Waals surface area contributed by atoms with Crippen molar-refractivity contribution in [2.24, 2.45) is 7.05 Å². The fraction of sp³-hybridized carbons (Fsp3) is 0.500. The SMILES string of the molecule is CC[C@@H](NC(=O)N(C)Cc1cc(Cl)cn1C)c1noc(C)n1. The molecule has 22 heavy (non-hydrogen) atoms. The van der Waals surface area contributed by atoms with Gasteiger partial charge in [0.25, 0.3) is 0 Å². The normalized spacial score (nSPS) is 12.2. The molecule has 1 atom stereocenters. The second-order valence-electron chi connectivity index (χ2n) is 5.20. The molecule has 0 spiro atoms. The first-order chi connectivity index (χ1) is 10.4. The number of amides is 2. The van der Waals surface area contributed by atoms with E-state index in [0.717, 1.165) is 5.69 Å². The number of carbonyl (C=O) groups excluding carboxylic acids is 1. The van der Waals surface area contributed by atoms with Crippen molar-refractivity contribution in [2.45, 2.75) is 32.9 Å². The number of hydrogen-bond acceptors (Lipinski definition) is 4. The highest BCUT2D eigenvalue weighted by molar-refractivity contribution is 6.30. The predicted molar refractivity (Wildman–Crippen MR) is 82.5 cm³/mol. The quantitative estimate of drug-likeness (QED) is 0.917. The van der Waals surface area contributed by atoms with Gasteiger partial charge in [-0.3, -0.25) is 0 Å². The molecule has 0 aliphatic rings. The summed E-state index contributed by atoms with van der Waals surface area (Å²) < 4.78 is 6.85. The second-order valence-corrected chi connectivity index (χ2v) is 5.63. The predicted octanol–water partition coefficient (Wildman–Crippen LogP) is 2.66. The number of aromatic nitrogens is 3. The summed E-state index contributed by atoms with van der Waals surface area (Å²) in [5, 5.41) is 7.41. The third-order valence-corrected chi connectivity index (χ3v) is 3.59. The van der Waals surface area contributed by atoms with Gasteiger partial charge in [-0.15, -0.1) is 0 Å². The third kappa shape index (κ3) is 3.79. The maximum Gasteiger partial charge on any atom is 0.318 e. The van der Waals surface area contributed by atoms with Crippen LogP contribution < -0.4 is 5.32 Å². The van der Waals surface area contributed by atoms with Crippen molar-refractivity contribution in [1.29, 1.82) is 0 Å². The van der Waals surface area contributed by atoms with Crippen molar-refractivity contribution in [2.75, 3.05) is 7.05 Å². The molecular formula is C14H20ClN5O2. The van der Waals surface area contributed by atoms with E-state index in [0.29, 0.717) is 29.7 Å². The standard InChI is InChI=1S/C14H20ClN5O2/c1-5-12(13-16-9(2)22-18-13)17-14(21)20(4)8-11-6-10(15)7-19(11)3/h6-7,12H,5,8H2,1-4H3,(H,17,21)/t12-/m1/s1. The van der Waals surface area contributed by atoms with Crippen LogP contribution in [0, 0.1) is 6.92 Å². The molecule has 2 aromatic rings. The molecule has 0 saturated carbocycles. The second kappa shape index (κ2) is 6.83. The molecule has 8 heteroatoms. The highest BCUT2D eigenvalue weighted by atomic mass is 35.5. The fourth-order valence-electron chi connectivity index (χ4n) is 2.10. The first kappa shape index (κ1) is 16.4. The Morgan fingerprint density at radius 2 is 2.32 bits per heavy atom. The number of nitrogens with one attached hydrogen (secondary N) is 1. The summed E-state index contributed by atoms with van der Waals surface area (Å²) in [6.45, 7) is 4.13. The van der Waals surface area contributed by atoms with Crippen LogP contribution in [0.25, 0.3) is 0 Å². The van der Waals surface area contributed by atoms with Crippen LogP contribution in [0.3, 0.4) is 0 Å². The van der Waals surface area contributed by atoms with Gasteiger partial charge in [-0.1, -0.05) is 23.7 Å². The van der Waals surface area contributed by atoms with Crippen LogP contribution in [0.2, 0.25) is 5.02 Å². The van der Waals surface area contributed by atoms with E-state index in [1.807, 2.05) is 24.6 Å². The molecule has 0 radical (unpaired) electrons. The molecule has 120 valence electrons. The van der Waals surface area contributed by atoms with Gasteiger partial charge in [-0.25, -0.2) is 4.79 Å². The van der Waals surface area contributed by atoms with Gasteiger partial charge in [0, 0.05) is 32.9 Å². The van der Waals surface area contributed by atoms with E-state index in [4.69, 9.17) is 16.1 Å². The molecule has 0 fully saturated rings. The van der Waals surface area contributed by atoms with Gasteiger partial charge in [-0.2, -0.15) is 4.98 Å². The monoisotopic (exact) mass is 325 g/mol. The number of halogens is 1. The van der Waals surface area contributed by atoms with Crippen LogP contribution in [-0.2, 0) is 13.6 Å². The van der Waals surface area contributed by atoms with Crippen LogP contribution >= 0.6 is 11.6 Å². The molecule has 0 aliphatic heterocycles. The van der Waals surface area contributed by atoms with E-state index in [1.165, 1.54) is 0 Å². The van der Waals surface area contributed by atoms with E-state index < -0.39 is 0 Å². The Hall–Kier alpha value is -2.02. The molecule has 2 amide bonds. The molecule has 0 unspecified atom stereocenters. The van der Waals surface area contributed by atoms with Crippen molar-refractivity contribution in [3.05, 3.63) is 34.7 Å². The number of hydrogen-bond donors (Lipinski definition) is 1. The van der Waals surface area contributed by atoms with Crippen LogP contribution in [0.1, 0.15) is 36.8 Å². The molecule has 2 rings (SSSR count). The number of rotatable bonds is 5. The summed E-state index contributed by atoms with van der Waals surface area (Å²) in [5.74, 6) is 0.971. The highest BCUT2D eigenvalue weighted by Crippen LogP contribution is 2.16. The highest BCUT2D eigenvalue weighted by Gasteiger charge is 2.20. The largest absolute Gasteiger partial charge is 0.351 e. The lowest BCUT2D eigenvalue weighted by Gasteiger charge is -2.21. The Morgan fingerprint density at radius 1 is 1.59 bits per heavy atom. The van der Waals surface area contributed by atoms with Gasteiger partial charge in [0.1, 0.15) is 0 Å². The Morgan fingerprint density at radius 3 is 2.82 bits per heavy atom. The number of aryl methyl sites for hydroxylation is 2. The minimum Gasteiger partial charge on any atom is -0.351 e. The topological polar surface area (TPSA) is 76.2 Å². The molecule has 2 heterocycles. The maximum absolute atomic E-state index is 12.3. The first-order valence-corrected chi connectivity index (χ1v) is 7.41. The number of nitrogens with zero attached hydrogens (tertiary/aromatic N) is 4. The lowest BCUT2D eigenvalue weighted by atomic mass is 10.2. The van der Waals surface area contributed by atoms with Crippen molar-refractivity contribution in [3.8, 4) is 0 Å². The summed E-state index contributed by atoms with van der Waals surface area (Å²) >= 11 is 5.95. The smallest absolute Gasteiger partial charge is 0.318 e. The summed E-state index contributed by atoms with van der Waals surface area (Å²) in [6.07, 6.45) is 2.48. The van der Waals surface area contributed by atoms with Crippen LogP contribution in [0.15, 0.2) is 16.8 Å². The van der Waals surface area contributed by atoms with Gasteiger partial charge in [0.2, 0.25) is 5.89 Å². The van der Waals surface area contributed by atoms with Crippen molar-refractivity contribution >= 4 is 17.6 Å². The third-order valence-electron chi connectivity index (χ3n) is 3.38. The molecule has 0 bridgehead atoms. The molecule has 0 aliphatic carbocycles. The Kier molecular flexibility index (Phi) is 5.07. The van der Waals surface area contributed by atoms with Gasteiger partial charge >= 0.3 is 6.03 Å². The average Bonchev–Trinajstić information content (AvgIpc) is 3.02. The average molecular weight is 326 g/mol. The van der Waals surface area contributed by atoms with Crippen molar-refractivity contribution in [3.63, 3.8) is 0 Å². The van der Waals surface area contributed by atoms with E-state index in [1.54, 1.807) is 25.1 Å². The van der Waals surface area contributed by atoms with Gasteiger partial charge in [0.15, 0.2) is 5.82 Å². The summed E-state index contributed by atoms with van der Waals surface area (Å²) in [6, 6.07) is 1.36. The number of carbonyl (C=O) groups is 1. The minimum atomic E-state index is -0.274. The molecule has 0 saturated heterocycles. The summed E-state index contributed by atoms with van der Waals surface area (Å²) in [7, 11) is 3.62. The molecular weight excluding hydrogens is 306 g/mol. The zero-order valence-corrected chi connectivity index (χ0v) is 13.9. The van der Waals surface area contributed by atoms with Crippen LogP contribution in [-0.4, -0.2) is 32.7 Å². The fourth-order valence-corrected chi connectivity index (χ4v) is 2.38. The molecule has 1 N–H and O–H groups in total. The van der Waals surface area contributed by atoms with Gasteiger partial charge < -0.3 is 19.3 Å². The first-order valence-electron chi connectivity index (χ1n) is 7.03. The van der Waals surface area contributed by atoms with E-state index in [-0.39, 0.29) is 12.1 Å². The van der Waals surface area contributed by atoms with Crippen LogP contribution in [0.5, 0.6) is 0 Å². The van der Waals surface area contributed by atoms with Gasteiger partial charge in [-0.05, 0) is 12.5 Å². The molecule has 2 aromatic heterocycles. The Bertz CT molecular complexity index is 651. The summed E-state index contributed by atoms with van der Waals surface area (Å²) in [5.41, 5.74) is 0.950. The van der Waals surface area contributed by atoms with Gasteiger partial charge in [0.05, 0.1) is 17.6 Å². The van der Waals surface area contributed by atoms with Crippen molar-refractivity contribution < 1.29 is 9.32 Å². The zero-order chi connectivity index (χ0) is 16.3. The zero-order valence-electron chi connectivity index (χ0n) is 13.1. The maximum atomic E-state index is 12.3. The lowest BCUT2D eigenvalue weighted by molar-refractivity contribution is 0.200. The Balaban J connectivity index is 1.99. The van der Waals surface area contributed by atoms with Crippen molar-refractivity contribution in [1.82, 2.24) is 24.9 Å². The summed E-state index contributed by atoms with van der Waals surface area (Å²) in [4.78, 5) is 18.0. The minimum absolute atomic E-state index is 0.202. The van der Waals surface area contributed by atoms with Crippen LogP contribution in [0.4, 0.5) is 4.79 Å². The molecule has 7 nitrogen and oxygen atoms in total. The van der Waals surface area contributed by atoms with E-state index >= 15 is 0 Å². The molecule has 0 aromatic carbocycles. The van der Waals surface area contributed by atoms with E-state index in [9.17, 15) is 4.79 Å². The lowest BCUT2D eigenvalue weighted by Crippen LogP contribution is -2.39.